The highest BCUT2D eigenvalue weighted by Crippen LogP contribution is 2.28. The predicted molar refractivity (Wildman–Crippen MR) is 56.3 cm³/mol. The van der Waals surface area contributed by atoms with Crippen molar-refractivity contribution in [1.82, 2.24) is 0 Å². The number of hydrogen-bond acceptors (Lipinski definition) is 4. The third-order valence-corrected chi connectivity index (χ3v) is 2.08. The fourth-order valence-corrected chi connectivity index (χ4v) is 1.38. The number of fused-ring (bicyclic) bond motifs is 1. The largest absolute Gasteiger partial charge is 0.559 e. The molecule has 15 heavy (non-hydrogen) atoms. The van der Waals surface area contributed by atoms with Crippen molar-refractivity contribution in [2.45, 2.75) is 0 Å². The summed E-state index contributed by atoms with van der Waals surface area (Å²) in [6.07, 6.45) is 1.20. The van der Waals surface area contributed by atoms with Crippen LogP contribution >= 0.6 is 0 Å². The first-order chi connectivity index (χ1) is 7.31. The smallest absolute Gasteiger partial charge is 0.539 e. The summed E-state index contributed by atoms with van der Waals surface area (Å²) in [4.78, 5) is 0. The van der Waals surface area contributed by atoms with E-state index < -0.39 is 7.12 Å². The van der Waals surface area contributed by atoms with E-state index in [0.717, 1.165) is 0 Å². The van der Waals surface area contributed by atoms with Gasteiger partial charge in [-0.3, -0.25) is 0 Å². The summed E-state index contributed by atoms with van der Waals surface area (Å²) in [7, 11) is -1.02. The van der Waals surface area contributed by atoms with Crippen LogP contribution in [0.3, 0.4) is 0 Å². The molecule has 0 unspecified atom stereocenters. The van der Waals surface area contributed by atoms with Gasteiger partial charge in [-0.15, -0.1) is 0 Å². The third kappa shape index (κ3) is 2.07. The van der Waals surface area contributed by atoms with Gasteiger partial charge in [0.05, 0.1) is 6.26 Å². The normalized spacial score (nSPS) is 13.1. The van der Waals surface area contributed by atoms with Gasteiger partial charge in [-0.05, 0) is 12.1 Å². The molecule has 0 amide bonds. The first kappa shape index (κ1) is 9.92. The fraction of sp³-hybridized carbons (Fsp3) is 0.200. The molecule has 1 aromatic rings. The Balaban J connectivity index is 2.23. The van der Waals surface area contributed by atoms with Crippen molar-refractivity contribution < 1.29 is 19.2 Å². The van der Waals surface area contributed by atoms with Crippen LogP contribution in [0.2, 0.25) is 0 Å². The van der Waals surface area contributed by atoms with E-state index in [4.69, 9.17) is 14.1 Å². The number of rotatable bonds is 3. The van der Waals surface area contributed by atoms with Crippen LogP contribution in [0.1, 0.15) is 0 Å². The van der Waals surface area contributed by atoms with Crippen molar-refractivity contribution >= 4 is 12.6 Å². The first-order valence-electron chi connectivity index (χ1n) is 4.65. The van der Waals surface area contributed by atoms with Crippen molar-refractivity contribution in [3.05, 3.63) is 31.0 Å². The summed E-state index contributed by atoms with van der Waals surface area (Å²) in [6, 6.07) is 5.17. The van der Waals surface area contributed by atoms with Crippen molar-refractivity contribution in [2.24, 2.45) is 0 Å². The van der Waals surface area contributed by atoms with Crippen LogP contribution in [0.25, 0.3) is 0 Å². The van der Waals surface area contributed by atoms with E-state index in [0.29, 0.717) is 30.2 Å². The van der Waals surface area contributed by atoms with E-state index in [1.165, 1.54) is 6.26 Å². The summed E-state index contributed by atoms with van der Waals surface area (Å²) in [5.74, 6) is 1.32. The second-order valence-electron chi connectivity index (χ2n) is 3.06. The minimum Gasteiger partial charge on any atom is -0.539 e. The molecule has 0 bridgehead atoms. The van der Waals surface area contributed by atoms with E-state index in [2.05, 4.69) is 6.58 Å². The lowest BCUT2D eigenvalue weighted by Crippen LogP contribution is -2.32. The molecule has 1 aromatic carbocycles. The predicted octanol–water partition coefficient (Wildman–Crippen LogP) is 0.305. The molecule has 0 saturated heterocycles. The quantitative estimate of drug-likeness (QED) is 0.570. The van der Waals surface area contributed by atoms with E-state index in [9.17, 15) is 5.02 Å². The van der Waals surface area contributed by atoms with E-state index in [-0.39, 0.29) is 0 Å². The molecule has 0 atom stereocenters. The Morgan fingerprint density at radius 3 is 2.80 bits per heavy atom. The molecule has 1 N–H and O–H groups in total. The minimum absolute atomic E-state index is 0.523. The van der Waals surface area contributed by atoms with Crippen LogP contribution in [0, 0.1) is 0 Å². The second-order valence-corrected chi connectivity index (χ2v) is 3.06. The standard InChI is InChI=1S/C10H11BO4/c1-2-15-11(12)8-3-4-9-10(7-8)14-6-5-13-9/h2-4,7,12H,1,5-6H2. The summed E-state index contributed by atoms with van der Waals surface area (Å²) < 4.78 is 15.6. The van der Waals surface area contributed by atoms with Crippen LogP contribution in [0.5, 0.6) is 11.5 Å². The van der Waals surface area contributed by atoms with Crippen LogP contribution in [-0.2, 0) is 4.65 Å². The average molecular weight is 206 g/mol. The molecule has 1 heterocycles. The maximum absolute atomic E-state index is 9.53. The Labute approximate surface area is 88.2 Å². The van der Waals surface area contributed by atoms with E-state index in [1.807, 2.05) is 0 Å². The minimum atomic E-state index is -1.02. The van der Waals surface area contributed by atoms with Gasteiger partial charge >= 0.3 is 7.12 Å². The maximum atomic E-state index is 9.53. The summed E-state index contributed by atoms with van der Waals surface area (Å²) in [5, 5.41) is 9.53. The molecular formula is C10H11BO4. The van der Waals surface area contributed by atoms with Gasteiger partial charge in [0.15, 0.2) is 11.5 Å². The molecule has 0 spiro atoms. The fourth-order valence-electron chi connectivity index (χ4n) is 1.38. The van der Waals surface area contributed by atoms with Crippen LogP contribution in [0.15, 0.2) is 31.0 Å². The Kier molecular flexibility index (Phi) is 2.83. The van der Waals surface area contributed by atoms with Gasteiger partial charge in [0.2, 0.25) is 0 Å². The van der Waals surface area contributed by atoms with E-state index in [1.54, 1.807) is 18.2 Å². The Bertz CT molecular complexity index is 366. The zero-order valence-corrected chi connectivity index (χ0v) is 8.18. The molecule has 1 aliphatic rings. The van der Waals surface area contributed by atoms with Crippen LogP contribution in [-0.4, -0.2) is 25.4 Å². The van der Waals surface area contributed by atoms with Crippen molar-refractivity contribution in [3.8, 4) is 11.5 Å². The molecule has 0 saturated carbocycles. The highest BCUT2D eigenvalue weighted by molar-refractivity contribution is 6.60. The molecule has 0 aliphatic carbocycles. The number of hydrogen-bond donors (Lipinski definition) is 1. The van der Waals surface area contributed by atoms with Crippen LogP contribution < -0.4 is 14.9 Å². The summed E-state index contributed by atoms with van der Waals surface area (Å²) in [5.41, 5.74) is 0.610. The van der Waals surface area contributed by atoms with Crippen molar-refractivity contribution in [3.63, 3.8) is 0 Å². The zero-order chi connectivity index (χ0) is 10.7. The monoisotopic (exact) mass is 206 g/mol. The lowest BCUT2D eigenvalue weighted by atomic mass is 9.79. The molecule has 4 nitrogen and oxygen atoms in total. The van der Waals surface area contributed by atoms with Crippen LogP contribution in [0.4, 0.5) is 0 Å². The molecule has 5 heteroatoms. The van der Waals surface area contributed by atoms with Gasteiger partial charge in [0, 0.05) is 5.46 Å². The third-order valence-electron chi connectivity index (χ3n) is 2.08. The maximum Gasteiger partial charge on any atom is 0.559 e. The second kappa shape index (κ2) is 4.27. The number of ether oxygens (including phenoxy) is 2. The molecule has 1 aliphatic heterocycles. The summed E-state index contributed by atoms with van der Waals surface area (Å²) >= 11 is 0. The summed E-state index contributed by atoms with van der Waals surface area (Å²) in [6.45, 7) is 4.45. The molecule has 0 radical (unpaired) electrons. The lowest BCUT2D eigenvalue weighted by Gasteiger charge is -2.19. The Morgan fingerprint density at radius 1 is 1.33 bits per heavy atom. The highest BCUT2D eigenvalue weighted by Gasteiger charge is 2.20. The Hall–Kier alpha value is -1.62. The molecule has 0 fully saturated rings. The zero-order valence-electron chi connectivity index (χ0n) is 8.18. The number of benzene rings is 1. The average Bonchev–Trinajstić information content (AvgIpc) is 2.29. The van der Waals surface area contributed by atoms with Gasteiger partial charge in [0.1, 0.15) is 13.2 Å². The van der Waals surface area contributed by atoms with E-state index >= 15 is 0 Å². The van der Waals surface area contributed by atoms with Gasteiger partial charge < -0.3 is 19.2 Å². The molecular weight excluding hydrogens is 195 g/mol. The van der Waals surface area contributed by atoms with Crippen molar-refractivity contribution in [1.29, 1.82) is 0 Å². The van der Waals surface area contributed by atoms with Gasteiger partial charge in [0.25, 0.3) is 0 Å². The highest BCUT2D eigenvalue weighted by atomic mass is 16.6. The van der Waals surface area contributed by atoms with Gasteiger partial charge in [-0.1, -0.05) is 12.6 Å². The SMILES string of the molecule is C=COB(O)c1ccc2c(c1)OCCO2. The molecule has 78 valence electrons. The first-order valence-corrected chi connectivity index (χ1v) is 4.65. The topological polar surface area (TPSA) is 47.9 Å². The van der Waals surface area contributed by atoms with Crippen molar-refractivity contribution in [2.75, 3.05) is 13.2 Å². The van der Waals surface area contributed by atoms with Gasteiger partial charge in [-0.25, -0.2) is 0 Å². The lowest BCUT2D eigenvalue weighted by molar-refractivity contribution is 0.171. The van der Waals surface area contributed by atoms with Gasteiger partial charge in [-0.2, -0.15) is 0 Å². The molecule has 2 rings (SSSR count). The molecule has 0 aromatic heterocycles. The Morgan fingerprint density at radius 2 is 2.07 bits per heavy atom.